The molecule has 1 aromatic heterocycles. The largest absolute Gasteiger partial charge is 0.326 e. The first-order valence-electron chi connectivity index (χ1n) is 10.2. The Bertz CT molecular complexity index is 1030. The molecule has 2 amide bonds. The van der Waals surface area contributed by atoms with Crippen molar-refractivity contribution in [3.8, 4) is 0 Å². The Morgan fingerprint density at radius 1 is 1.00 bits per heavy atom. The summed E-state index contributed by atoms with van der Waals surface area (Å²) in [6, 6.07) is 17.0. The maximum absolute atomic E-state index is 12.5. The Balaban J connectivity index is 1.30. The molecule has 0 atom stereocenters. The number of benzene rings is 2. The summed E-state index contributed by atoms with van der Waals surface area (Å²) in [5.41, 5.74) is 3.19. The van der Waals surface area contributed by atoms with Crippen LogP contribution in [0.4, 0.5) is 10.8 Å². The Morgan fingerprint density at radius 2 is 1.81 bits per heavy atom. The van der Waals surface area contributed by atoms with E-state index in [4.69, 9.17) is 0 Å². The first-order valence-corrected chi connectivity index (χ1v) is 12.2. The molecule has 160 valence electrons. The molecule has 1 saturated heterocycles. The molecule has 31 heavy (non-hydrogen) atoms. The van der Waals surface area contributed by atoms with Crippen molar-refractivity contribution >= 4 is 45.7 Å². The van der Waals surface area contributed by atoms with Crippen LogP contribution in [0.1, 0.15) is 21.6 Å². The van der Waals surface area contributed by atoms with E-state index >= 15 is 0 Å². The van der Waals surface area contributed by atoms with Gasteiger partial charge in [0.25, 0.3) is 5.91 Å². The number of rotatable bonds is 7. The van der Waals surface area contributed by atoms with Crippen LogP contribution in [-0.4, -0.2) is 46.3 Å². The number of thiazole rings is 1. The minimum Gasteiger partial charge on any atom is -0.326 e. The lowest BCUT2D eigenvalue weighted by molar-refractivity contribution is -0.115. The Morgan fingerprint density at radius 3 is 2.61 bits per heavy atom. The summed E-state index contributed by atoms with van der Waals surface area (Å²) < 4.78 is 0. The molecule has 6 nitrogen and oxygen atoms in total. The third kappa shape index (κ3) is 6.40. The molecule has 0 saturated carbocycles. The first kappa shape index (κ1) is 21.5. The number of carbonyl (C=O) groups is 2. The summed E-state index contributed by atoms with van der Waals surface area (Å²) in [5.74, 6) is 2.02. The molecule has 2 aromatic carbocycles. The van der Waals surface area contributed by atoms with Gasteiger partial charge in [0.15, 0.2) is 5.13 Å². The molecule has 2 heterocycles. The number of amides is 2. The highest BCUT2D eigenvalue weighted by Crippen LogP contribution is 2.19. The number of nitrogens with one attached hydrogen (secondary N) is 2. The molecule has 3 aromatic rings. The molecule has 4 rings (SSSR count). The van der Waals surface area contributed by atoms with Crippen LogP contribution in [0.25, 0.3) is 0 Å². The van der Waals surface area contributed by atoms with Crippen molar-refractivity contribution < 1.29 is 9.59 Å². The maximum atomic E-state index is 12.5. The first-order chi connectivity index (χ1) is 15.2. The van der Waals surface area contributed by atoms with Crippen LogP contribution in [0.3, 0.4) is 0 Å². The number of thioether (sulfide) groups is 1. The topological polar surface area (TPSA) is 74.3 Å². The lowest BCUT2D eigenvalue weighted by Crippen LogP contribution is -2.31. The zero-order valence-corrected chi connectivity index (χ0v) is 18.7. The van der Waals surface area contributed by atoms with E-state index < -0.39 is 0 Å². The number of aromatic nitrogens is 1. The number of hydrogen-bond donors (Lipinski definition) is 2. The van der Waals surface area contributed by atoms with Crippen molar-refractivity contribution in [3.05, 3.63) is 76.8 Å². The third-order valence-electron chi connectivity index (χ3n) is 4.87. The summed E-state index contributed by atoms with van der Waals surface area (Å²) in [5, 5.41) is 8.02. The fourth-order valence-electron chi connectivity index (χ4n) is 3.34. The highest BCUT2D eigenvalue weighted by molar-refractivity contribution is 7.99. The van der Waals surface area contributed by atoms with Gasteiger partial charge in [-0.25, -0.2) is 4.98 Å². The number of anilines is 2. The van der Waals surface area contributed by atoms with Gasteiger partial charge in [-0.2, -0.15) is 11.8 Å². The predicted molar refractivity (Wildman–Crippen MR) is 128 cm³/mol. The van der Waals surface area contributed by atoms with Crippen molar-refractivity contribution in [2.75, 3.05) is 35.2 Å². The lowest BCUT2D eigenvalue weighted by Gasteiger charge is -2.26. The van der Waals surface area contributed by atoms with Crippen LogP contribution in [0, 0.1) is 0 Å². The van der Waals surface area contributed by atoms with E-state index in [9.17, 15) is 9.59 Å². The fraction of sp³-hybridized carbons (Fsp3) is 0.261. The molecule has 0 unspecified atom stereocenters. The van der Waals surface area contributed by atoms with Gasteiger partial charge in [-0.05, 0) is 29.8 Å². The van der Waals surface area contributed by atoms with E-state index in [1.165, 1.54) is 28.4 Å². The second kappa shape index (κ2) is 10.6. The van der Waals surface area contributed by atoms with Crippen LogP contribution in [-0.2, 0) is 17.8 Å². The summed E-state index contributed by atoms with van der Waals surface area (Å²) in [4.78, 5) is 31.5. The fourth-order valence-corrected chi connectivity index (χ4v) is 5.02. The van der Waals surface area contributed by atoms with E-state index in [1.54, 1.807) is 17.5 Å². The maximum Gasteiger partial charge on any atom is 0.257 e. The molecule has 1 aliphatic heterocycles. The van der Waals surface area contributed by atoms with Crippen molar-refractivity contribution in [2.24, 2.45) is 0 Å². The standard InChI is InChI=1S/C23H24N4O2S2/c28-21(24-19-8-4-5-17(13-19)15-27-9-11-30-12-10-27)14-20-16-31-23(25-20)26-22(29)18-6-2-1-3-7-18/h1-8,13,16H,9-12,14-15H2,(H,24,28)(H,25,26,29). The van der Waals surface area contributed by atoms with E-state index in [2.05, 4.69) is 26.6 Å². The lowest BCUT2D eigenvalue weighted by atomic mass is 10.2. The van der Waals surface area contributed by atoms with Crippen LogP contribution >= 0.6 is 23.1 Å². The molecular weight excluding hydrogens is 428 g/mol. The van der Waals surface area contributed by atoms with Crippen molar-refractivity contribution in [1.29, 1.82) is 0 Å². The number of carbonyl (C=O) groups excluding carboxylic acids is 2. The minimum absolute atomic E-state index is 0.127. The van der Waals surface area contributed by atoms with Crippen molar-refractivity contribution in [3.63, 3.8) is 0 Å². The van der Waals surface area contributed by atoms with E-state index in [0.29, 0.717) is 16.4 Å². The van der Waals surface area contributed by atoms with E-state index in [0.717, 1.165) is 25.3 Å². The monoisotopic (exact) mass is 452 g/mol. The molecular formula is C23H24N4O2S2. The van der Waals surface area contributed by atoms with Gasteiger partial charge in [-0.1, -0.05) is 30.3 Å². The van der Waals surface area contributed by atoms with E-state index in [-0.39, 0.29) is 18.2 Å². The number of hydrogen-bond acceptors (Lipinski definition) is 6. The molecule has 2 N–H and O–H groups in total. The minimum atomic E-state index is -0.213. The summed E-state index contributed by atoms with van der Waals surface area (Å²) in [6.45, 7) is 3.11. The van der Waals surface area contributed by atoms with Crippen molar-refractivity contribution in [1.82, 2.24) is 9.88 Å². The second-order valence-electron chi connectivity index (χ2n) is 7.28. The van der Waals surface area contributed by atoms with Crippen LogP contribution < -0.4 is 10.6 Å². The molecule has 1 fully saturated rings. The van der Waals surface area contributed by atoms with Crippen LogP contribution in [0.5, 0.6) is 0 Å². The zero-order valence-electron chi connectivity index (χ0n) is 17.0. The quantitative estimate of drug-likeness (QED) is 0.564. The Hall–Kier alpha value is -2.68. The van der Waals surface area contributed by atoms with Gasteiger partial charge in [0.1, 0.15) is 0 Å². The van der Waals surface area contributed by atoms with Gasteiger partial charge in [0.05, 0.1) is 12.1 Å². The normalized spacial score (nSPS) is 14.2. The highest BCUT2D eigenvalue weighted by Gasteiger charge is 2.13. The van der Waals surface area contributed by atoms with Crippen molar-refractivity contribution in [2.45, 2.75) is 13.0 Å². The number of nitrogens with zero attached hydrogens (tertiary/aromatic N) is 2. The smallest absolute Gasteiger partial charge is 0.257 e. The average Bonchev–Trinajstić information content (AvgIpc) is 3.21. The third-order valence-corrected chi connectivity index (χ3v) is 6.62. The predicted octanol–water partition coefficient (Wildman–Crippen LogP) is 4.13. The Kier molecular flexibility index (Phi) is 7.35. The molecule has 8 heteroatoms. The Labute approximate surface area is 190 Å². The van der Waals surface area contributed by atoms with Gasteiger partial charge in [0, 0.05) is 47.8 Å². The summed E-state index contributed by atoms with van der Waals surface area (Å²) >= 11 is 3.31. The van der Waals surface area contributed by atoms with E-state index in [1.807, 2.05) is 48.2 Å². The van der Waals surface area contributed by atoms with Gasteiger partial charge < -0.3 is 5.32 Å². The van der Waals surface area contributed by atoms with Gasteiger partial charge in [-0.3, -0.25) is 19.8 Å². The SMILES string of the molecule is O=C(Cc1csc(NC(=O)c2ccccc2)n1)Nc1cccc(CN2CCSCC2)c1. The zero-order chi connectivity index (χ0) is 21.5. The molecule has 0 radical (unpaired) electrons. The van der Waals surface area contributed by atoms with Gasteiger partial charge in [0.2, 0.25) is 5.91 Å². The molecule has 0 spiro atoms. The van der Waals surface area contributed by atoms with Crippen LogP contribution in [0.15, 0.2) is 60.0 Å². The highest BCUT2D eigenvalue weighted by atomic mass is 32.2. The van der Waals surface area contributed by atoms with Gasteiger partial charge >= 0.3 is 0 Å². The van der Waals surface area contributed by atoms with Crippen LogP contribution in [0.2, 0.25) is 0 Å². The summed E-state index contributed by atoms with van der Waals surface area (Å²) in [6.07, 6.45) is 0.158. The van der Waals surface area contributed by atoms with Gasteiger partial charge in [-0.15, -0.1) is 11.3 Å². The second-order valence-corrected chi connectivity index (χ2v) is 9.36. The molecule has 1 aliphatic rings. The summed E-state index contributed by atoms with van der Waals surface area (Å²) in [7, 11) is 0. The average molecular weight is 453 g/mol. The molecule has 0 bridgehead atoms. The molecule has 0 aliphatic carbocycles.